The third-order valence-electron chi connectivity index (χ3n) is 2.76. The van der Waals surface area contributed by atoms with Crippen LogP contribution in [-0.4, -0.2) is 22.6 Å². The van der Waals surface area contributed by atoms with Gasteiger partial charge in [-0.15, -0.1) is 11.3 Å². The van der Waals surface area contributed by atoms with Gasteiger partial charge >= 0.3 is 5.97 Å². The molecular weight excluding hydrogens is 248 g/mol. The summed E-state index contributed by atoms with van der Waals surface area (Å²) in [6.45, 7) is 0. The molecule has 3 rings (SSSR count). The van der Waals surface area contributed by atoms with Crippen LogP contribution in [-0.2, 0) is 4.74 Å². The van der Waals surface area contributed by atoms with Crippen LogP contribution in [0.15, 0.2) is 42.2 Å². The fourth-order valence-electron chi connectivity index (χ4n) is 1.92. The van der Waals surface area contributed by atoms with Crippen molar-refractivity contribution in [2.24, 2.45) is 0 Å². The number of carbonyl (C=O) groups excluding carboxylic acids is 1. The van der Waals surface area contributed by atoms with Gasteiger partial charge in [0.2, 0.25) is 0 Å². The molecule has 0 radical (unpaired) electrons. The zero-order chi connectivity index (χ0) is 12.5. The van der Waals surface area contributed by atoms with Crippen molar-refractivity contribution < 1.29 is 9.53 Å². The van der Waals surface area contributed by atoms with Crippen LogP contribution in [0.4, 0.5) is 0 Å². The van der Waals surface area contributed by atoms with E-state index < -0.39 is 0 Å². The largest absolute Gasteiger partial charge is 0.464 e. The number of hydrogen-bond donors (Lipinski definition) is 0. The highest BCUT2D eigenvalue weighted by molar-refractivity contribution is 7.17. The van der Waals surface area contributed by atoms with Gasteiger partial charge in [-0.2, -0.15) is 0 Å². The van der Waals surface area contributed by atoms with Crippen LogP contribution in [0.2, 0.25) is 0 Å². The van der Waals surface area contributed by atoms with E-state index in [0.29, 0.717) is 5.69 Å². The van der Waals surface area contributed by atoms with Crippen molar-refractivity contribution in [1.82, 2.24) is 9.55 Å². The second-order valence-corrected chi connectivity index (χ2v) is 4.66. The molecule has 0 saturated heterocycles. The average molecular weight is 258 g/mol. The molecule has 4 nitrogen and oxygen atoms in total. The van der Waals surface area contributed by atoms with Crippen LogP contribution in [0.5, 0.6) is 0 Å². The summed E-state index contributed by atoms with van der Waals surface area (Å²) in [5, 5.41) is 3.09. The fourth-order valence-corrected chi connectivity index (χ4v) is 2.82. The maximum atomic E-state index is 11.7. The van der Waals surface area contributed by atoms with E-state index in [9.17, 15) is 4.79 Å². The molecule has 0 N–H and O–H groups in total. The zero-order valence-electron chi connectivity index (χ0n) is 9.66. The van der Waals surface area contributed by atoms with Gasteiger partial charge in [0, 0.05) is 29.4 Å². The monoisotopic (exact) mass is 258 g/mol. The summed E-state index contributed by atoms with van der Waals surface area (Å²) in [6.07, 6.45) is 5.43. The number of esters is 1. The van der Waals surface area contributed by atoms with Gasteiger partial charge < -0.3 is 9.30 Å². The molecule has 0 amide bonds. The first kappa shape index (κ1) is 11.0. The lowest BCUT2D eigenvalue weighted by molar-refractivity contribution is 0.0592. The number of aromatic nitrogens is 2. The van der Waals surface area contributed by atoms with Crippen molar-refractivity contribution in [3.63, 3.8) is 0 Å². The van der Waals surface area contributed by atoms with E-state index in [2.05, 4.69) is 4.98 Å². The molecule has 90 valence electrons. The predicted octanol–water partition coefficient (Wildman–Crippen LogP) is 2.87. The molecule has 18 heavy (non-hydrogen) atoms. The minimum atomic E-state index is -0.339. The highest BCUT2D eigenvalue weighted by Crippen LogP contribution is 2.29. The van der Waals surface area contributed by atoms with Crippen LogP contribution >= 0.6 is 11.3 Å². The molecular formula is C13H10N2O2S. The smallest absolute Gasteiger partial charge is 0.355 e. The summed E-state index contributed by atoms with van der Waals surface area (Å²) in [5.41, 5.74) is 1.50. The maximum absolute atomic E-state index is 11.7. The Morgan fingerprint density at radius 2 is 2.33 bits per heavy atom. The van der Waals surface area contributed by atoms with E-state index in [0.717, 1.165) is 15.8 Å². The number of fused-ring (bicyclic) bond motifs is 1. The summed E-state index contributed by atoms with van der Waals surface area (Å²) in [4.78, 5) is 15.8. The summed E-state index contributed by atoms with van der Waals surface area (Å²) >= 11 is 1.60. The number of carbonyl (C=O) groups is 1. The average Bonchev–Trinajstić information content (AvgIpc) is 3.03. The van der Waals surface area contributed by atoms with Crippen LogP contribution in [0.25, 0.3) is 15.8 Å². The van der Waals surface area contributed by atoms with E-state index in [1.54, 1.807) is 23.6 Å². The van der Waals surface area contributed by atoms with Crippen molar-refractivity contribution in [2.75, 3.05) is 7.11 Å². The number of rotatable bonds is 2. The molecule has 0 spiro atoms. The molecule has 0 fully saturated rings. The van der Waals surface area contributed by atoms with Gasteiger partial charge in [-0.25, -0.2) is 4.79 Å². The molecule has 0 saturated carbocycles. The Balaban J connectivity index is 2.21. The van der Waals surface area contributed by atoms with Crippen LogP contribution < -0.4 is 0 Å². The van der Waals surface area contributed by atoms with E-state index in [1.807, 2.05) is 34.5 Å². The maximum Gasteiger partial charge on any atom is 0.355 e. The molecule has 0 bridgehead atoms. The molecule has 3 aromatic heterocycles. The Labute approximate surface area is 107 Å². The fraction of sp³-hybridized carbons (Fsp3) is 0.0769. The van der Waals surface area contributed by atoms with Crippen LogP contribution in [0.1, 0.15) is 10.5 Å². The molecule has 0 aliphatic rings. The zero-order valence-corrected chi connectivity index (χ0v) is 10.5. The third kappa shape index (κ3) is 1.60. The SMILES string of the molecule is COC(=O)c1cccn1-c1csc2cnccc12. The van der Waals surface area contributed by atoms with Crippen molar-refractivity contribution in [3.8, 4) is 5.69 Å². The Morgan fingerprint density at radius 3 is 3.17 bits per heavy atom. The van der Waals surface area contributed by atoms with Gasteiger partial charge in [0.15, 0.2) is 0 Å². The third-order valence-corrected chi connectivity index (χ3v) is 3.68. The van der Waals surface area contributed by atoms with Gasteiger partial charge in [-0.3, -0.25) is 4.98 Å². The first-order valence-electron chi connectivity index (χ1n) is 5.38. The standard InChI is InChI=1S/C13H10N2O2S/c1-17-13(16)10-3-2-6-15(10)11-8-18-12-7-14-5-4-9(11)12/h2-8H,1H3. The predicted molar refractivity (Wildman–Crippen MR) is 70.3 cm³/mol. The lowest BCUT2D eigenvalue weighted by Gasteiger charge is -2.06. The number of pyridine rings is 1. The first-order valence-corrected chi connectivity index (χ1v) is 6.26. The molecule has 0 aromatic carbocycles. The van der Waals surface area contributed by atoms with E-state index in [4.69, 9.17) is 4.74 Å². The van der Waals surface area contributed by atoms with Crippen molar-refractivity contribution in [1.29, 1.82) is 0 Å². The van der Waals surface area contributed by atoms with Crippen molar-refractivity contribution in [3.05, 3.63) is 47.9 Å². The number of nitrogens with zero attached hydrogens (tertiary/aromatic N) is 2. The normalized spacial score (nSPS) is 10.7. The van der Waals surface area contributed by atoms with Gasteiger partial charge in [-0.1, -0.05) is 0 Å². The Bertz CT molecular complexity index is 714. The first-order chi connectivity index (χ1) is 8.81. The quantitative estimate of drug-likeness (QED) is 0.664. The molecule has 5 heteroatoms. The van der Waals surface area contributed by atoms with Gasteiger partial charge in [0.05, 0.1) is 17.5 Å². The topological polar surface area (TPSA) is 44.1 Å². The Hall–Kier alpha value is -2.14. The molecule has 3 heterocycles. The van der Waals surface area contributed by atoms with Gasteiger partial charge in [0.25, 0.3) is 0 Å². The number of thiophene rings is 1. The second kappa shape index (κ2) is 4.27. The molecule has 0 unspecified atom stereocenters. The summed E-state index contributed by atoms with van der Waals surface area (Å²) in [7, 11) is 1.38. The van der Waals surface area contributed by atoms with Gasteiger partial charge in [-0.05, 0) is 18.2 Å². The highest BCUT2D eigenvalue weighted by atomic mass is 32.1. The van der Waals surface area contributed by atoms with E-state index >= 15 is 0 Å². The van der Waals surface area contributed by atoms with Crippen molar-refractivity contribution >= 4 is 27.4 Å². The molecule has 0 aliphatic heterocycles. The minimum Gasteiger partial charge on any atom is -0.464 e. The molecule has 0 aliphatic carbocycles. The second-order valence-electron chi connectivity index (χ2n) is 3.75. The lowest BCUT2D eigenvalue weighted by Crippen LogP contribution is -2.07. The summed E-state index contributed by atoms with van der Waals surface area (Å²) < 4.78 is 7.71. The minimum absolute atomic E-state index is 0.339. The number of hydrogen-bond acceptors (Lipinski definition) is 4. The van der Waals surface area contributed by atoms with Crippen molar-refractivity contribution in [2.45, 2.75) is 0 Å². The molecule has 0 atom stereocenters. The van der Waals surface area contributed by atoms with E-state index in [-0.39, 0.29) is 5.97 Å². The lowest BCUT2D eigenvalue weighted by atomic mass is 10.3. The summed E-state index contributed by atoms with van der Waals surface area (Å²) in [5.74, 6) is -0.339. The molecule has 3 aromatic rings. The van der Waals surface area contributed by atoms with Crippen LogP contribution in [0.3, 0.4) is 0 Å². The Morgan fingerprint density at radius 1 is 1.44 bits per heavy atom. The van der Waals surface area contributed by atoms with Gasteiger partial charge in [0.1, 0.15) is 5.69 Å². The van der Waals surface area contributed by atoms with Crippen LogP contribution in [0, 0.1) is 0 Å². The number of ether oxygens (including phenoxy) is 1. The summed E-state index contributed by atoms with van der Waals surface area (Å²) in [6, 6.07) is 5.52. The number of methoxy groups -OCH3 is 1. The Kier molecular flexibility index (Phi) is 2.60. The van der Waals surface area contributed by atoms with E-state index in [1.165, 1.54) is 7.11 Å². The highest BCUT2D eigenvalue weighted by Gasteiger charge is 2.14.